The van der Waals surface area contributed by atoms with Crippen molar-refractivity contribution >= 4 is 10.8 Å². The van der Waals surface area contributed by atoms with Crippen LogP contribution < -0.4 is 24.8 Å². The summed E-state index contributed by atoms with van der Waals surface area (Å²) in [6.45, 7) is 4.52. The molecule has 0 aliphatic carbocycles. The molecule has 2 rings (SSSR count). The van der Waals surface area contributed by atoms with E-state index in [9.17, 15) is 0 Å². The molecule has 0 fully saturated rings. The van der Waals surface area contributed by atoms with Crippen LogP contribution in [0.25, 0.3) is 10.8 Å². The molecule has 3 heteroatoms. The Bertz CT molecular complexity index is 374. The van der Waals surface area contributed by atoms with Gasteiger partial charge in [-0.15, -0.1) is 40.6 Å². The third kappa shape index (κ3) is 4.66. The minimum Gasteiger partial charge on any atom is -1.00 e. The molecule has 0 amide bonds. The molecule has 16 heavy (non-hydrogen) atoms. The molecular formula is C13H15Cl2Zr. The van der Waals surface area contributed by atoms with Gasteiger partial charge in [-0.3, -0.25) is 0 Å². The first-order chi connectivity index (χ1) is 6.25. The SMILES string of the molecule is CC(C)Cc1cc2ccccc2[cH-]1.[Cl-].[Cl-].[Zr+3]. The number of halogens is 2. The number of hydrogen-bond donors (Lipinski definition) is 0. The quantitative estimate of drug-likeness (QED) is 0.546. The van der Waals surface area contributed by atoms with Crippen molar-refractivity contribution in [2.75, 3.05) is 0 Å². The normalized spacial score (nSPS) is 9.19. The maximum atomic E-state index is 2.30. The molecule has 0 N–H and O–H groups in total. The minimum atomic E-state index is 0. The predicted molar refractivity (Wildman–Crippen MR) is 58.1 cm³/mol. The maximum absolute atomic E-state index is 2.30. The Balaban J connectivity index is 0. The van der Waals surface area contributed by atoms with Crippen LogP contribution in [0.15, 0.2) is 36.4 Å². The summed E-state index contributed by atoms with van der Waals surface area (Å²) >= 11 is 0. The molecule has 0 spiro atoms. The molecule has 0 saturated heterocycles. The summed E-state index contributed by atoms with van der Waals surface area (Å²) in [5.74, 6) is 0.747. The zero-order valence-electron chi connectivity index (χ0n) is 9.50. The molecule has 1 radical (unpaired) electrons. The standard InChI is InChI=1S/C13H15.2ClH.Zr/c1-10(2)7-11-8-12-5-3-4-6-13(12)9-11;;;/h3-6,8-10H,7H2,1-2H3;2*1H;/q-1;;;+3/p-2. The van der Waals surface area contributed by atoms with Crippen LogP contribution in [0.3, 0.4) is 0 Å². The molecule has 0 nitrogen and oxygen atoms in total. The van der Waals surface area contributed by atoms with Crippen molar-refractivity contribution in [2.45, 2.75) is 20.3 Å². The van der Waals surface area contributed by atoms with E-state index in [0.717, 1.165) is 5.92 Å². The molecule has 0 heterocycles. The molecule has 2 aromatic rings. The van der Waals surface area contributed by atoms with E-state index in [-0.39, 0.29) is 51.0 Å². The van der Waals surface area contributed by atoms with E-state index in [4.69, 9.17) is 0 Å². The van der Waals surface area contributed by atoms with E-state index in [0.29, 0.717) is 0 Å². The average Bonchev–Trinajstić information content (AvgIpc) is 2.44. The first-order valence-electron chi connectivity index (χ1n) is 4.90. The third-order valence-electron chi connectivity index (χ3n) is 2.32. The van der Waals surface area contributed by atoms with Crippen molar-refractivity contribution in [2.24, 2.45) is 5.92 Å². The van der Waals surface area contributed by atoms with Gasteiger partial charge in [-0.1, -0.05) is 19.9 Å². The van der Waals surface area contributed by atoms with Gasteiger partial charge in [0.1, 0.15) is 0 Å². The molecule has 0 aromatic heterocycles. The van der Waals surface area contributed by atoms with E-state index in [1.807, 2.05) is 0 Å². The summed E-state index contributed by atoms with van der Waals surface area (Å²) in [6.07, 6.45) is 1.19. The van der Waals surface area contributed by atoms with E-state index in [1.54, 1.807) is 0 Å². The zero-order valence-corrected chi connectivity index (χ0v) is 13.5. The molecule has 0 aliphatic rings. The summed E-state index contributed by atoms with van der Waals surface area (Å²) in [6, 6.07) is 13.2. The average molecular weight is 333 g/mol. The summed E-state index contributed by atoms with van der Waals surface area (Å²) < 4.78 is 0. The fourth-order valence-electron chi connectivity index (χ4n) is 1.80. The topological polar surface area (TPSA) is 0 Å². The molecule has 85 valence electrons. The molecule has 0 atom stereocenters. The number of rotatable bonds is 2. The molecule has 2 aromatic carbocycles. The van der Waals surface area contributed by atoms with Crippen molar-refractivity contribution in [1.82, 2.24) is 0 Å². The van der Waals surface area contributed by atoms with Crippen LogP contribution in [-0.2, 0) is 32.6 Å². The van der Waals surface area contributed by atoms with Crippen molar-refractivity contribution in [3.05, 3.63) is 42.0 Å². The smallest absolute Gasteiger partial charge is 1.00 e. The second-order valence-corrected chi connectivity index (χ2v) is 4.09. The zero-order chi connectivity index (χ0) is 9.26. The first-order valence-corrected chi connectivity index (χ1v) is 4.90. The number of benzene rings is 1. The fourth-order valence-corrected chi connectivity index (χ4v) is 1.80. The Labute approximate surface area is 129 Å². The van der Waals surface area contributed by atoms with Gasteiger partial charge in [0.25, 0.3) is 0 Å². The predicted octanol–water partition coefficient (Wildman–Crippen LogP) is -2.24. The van der Waals surface area contributed by atoms with Crippen molar-refractivity contribution < 1.29 is 51.0 Å². The Hall–Kier alpha value is 0.293. The fraction of sp³-hybridized carbons (Fsp3) is 0.308. The first kappa shape index (κ1) is 18.7. The molecular weight excluding hydrogens is 318 g/mol. The molecule has 0 unspecified atom stereocenters. The van der Waals surface area contributed by atoms with Crippen LogP contribution in [0.1, 0.15) is 19.4 Å². The van der Waals surface area contributed by atoms with Crippen LogP contribution in [-0.4, -0.2) is 0 Å². The number of hydrogen-bond acceptors (Lipinski definition) is 0. The van der Waals surface area contributed by atoms with Gasteiger partial charge < -0.3 is 24.8 Å². The van der Waals surface area contributed by atoms with Gasteiger partial charge in [0.2, 0.25) is 0 Å². The van der Waals surface area contributed by atoms with Gasteiger partial charge in [0.15, 0.2) is 0 Å². The Morgan fingerprint density at radius 2 is 1.75 bits per heavy atom. The summed E-state index contributed by atoms with van der Waals surface area (Å²) in [5, 5.41) is 2.75. The van der Waals surface area contributed by atoms with Gasteiger partial charge in [0, 0.05) is 0 Å². The largest absolute Gasteiger partial charge is 3.00 e. The van der Waals surface area contributed by atoms with Crippen LogP contribution in [0.5, 0.6) is 0 Å². The van der Waals surface area contributed by atoms with Crippen LogP contribution >= 0.6 is 0 Å². The monoisotopic (exact) mass is 331 g/mol. The van der Waals surface area contributed by atoms with Crippen LogP contribution in [0.4, 0.5) is 0 Å². The maximum Gasteiger partial charge on any atom is 3.00 e. The second-order valence-electron chi connectivity index (χ2n) is 4.09. The minimum absolute atomic E-state index is 0. The molecule has 0 bridgehead atoms. The van der Waals surface area contributed by atoms with Crippen LogP contribution in [0.2, 0.25) is 0 Å². The van der Waals surface area contributed by atoms with E-state index < -0.39 is 0 Å². The third-order valence-corrected chi connectivity index (χ3v) is 2.32. The summed E-state index contributed by atoms with van der Waals surface area (Å²) in [5.41, 5.74) is 1.47. The Kier molecular flexibility index (Phi) is 9.79. The van der Waals surface area contributed by atoms with E-state index >= 15 is 0 Å². The Morgan fingerprint density at radius 1 is 1.12 bits per heavy atom. The van der Waals surface area contributed by atoms with Crippen molar-refractivity contribution in [3.8, 4) is 0 Å². The van der Waals surface area contributed by atoms with Crippen molar-refractivity contribution in [1.29, 1.82) is 0 Å². The van der Waals surface area contributed by atoms with E-state index in [1.165, 1.54) is 22.8 Å². The van der Waals surface area contributed by atoms with Crippen LogP contribution in [0, 0.1) is 5.92 Å². The van der Waals surface area contributed by atoms with E-state index in [2.05, 4.69) is 50.2 Å². The van der Waals surface area contributed by atoms with Gasteiger partial charge >= 0.3 is 26.2 Å². The second kappa shape index (κ2) is 8.39. The summed E-state index contributed by atoms with van der Waals surface area (Å²) in [7, 11) is 0. The van der Waals surface area contributed by atoms with Gasteiger partial charge in [-0.25, -0.2) is 0 Å². The van der Waals surface area contributed by atoms with Gasteiger partial charge in [0.05, 0.1) is 0 Å². The summed E-state index contributed by atoms with van der Waals surface area (Å²) in [4.78, 5) is 0. The van der Waals surface area contributed by atoms with Crippen molar-refractivity contribution in [3.63, 3.8) is 0 Å². The number of fused-ring (bicyclic) bond motifs is 1. The Morgan fingerprint density at radius 3 is 2.31 bits per heavy atom. The molecule has 0 saturated carbocycles. The van der Waals surface area contributed by atoms with Gasteiger partial charge in [-0.05, 0) is 12.3 Å². The molecule has 0 aliphatic heterocycles. The van der Waals surface area contributed by atoms with Gasteiger partial charge in [-0.2, -0.15) is 6.07 Å².